The molecule has 82 valence electrons. The van der Waals surface area contributed by atoms with Crippen LogP contribution in [0.3, 0.4) is 0 Å². The summed E-state index contributed by atoms with van der Waals surface area (Å²) in [6.45, 7) is 8.72. The van der Waals surface area contributed by atoms with Gasteiger partial charge in [0.2, 0.25) is 0 Å². The Kier molecular flexibility index (Phi) is 3.34. The highest BCUT2D eigenvalue weighted by molar-refractivity contribution is 5.18. The summed E-state index contributed by atoms with van der Waals surface area (Å²) >= 11 is 0. The van der Waals surface area contributed by atoms with Gasteiger partial charge in [-0.15, -0.1) is 0 Å². The van der Waals surface area contributed by atoms with Crippen molar-refractivity contribution in [2.24, 2.45) is 0 Å². The molecular weight excluding hydrogens is 186 g/mol. The van der Waals surface area contributed by atoms with Gasteiger partial charge in [0.05, 0.1) is 0 Å². The summed E-state index contributed by atoms with van der Waals surface area (Å²) in [5.41, 5.74) is 2.51. The van der Waals surface area contributed by atoms with Crippen LogP contribution in [-0.2, 0) is 6.54 Å². The van der Waals surface area contributed by atoms with Crippen LogP contribution >= 0.6 is 0 Å². The third kappa shape index (κ3) is 2.76. The van der Waals surface area contributed by atoms with Crippen molar-refractivity contribution in [3.05, 3.63) is 29.6 Å². The van der Waals surface area contributed by atoms with Crippen LogP contribution in [-0.4, -0.2) is 35.6 Å². The Bertz CT molecular complexity index is 324. The van der Waals surface area contributed by atoms with E-state index in [0.717, 1.165) is 31.9 Å². The van der Waals surface area contributed by atoms with Gasteiger partial charge in [-0.1, -0.05) is 6.07 Å². The molecule has 3 heteroatoms. The molecule has 0 amide bonds. The second kappa shape index (κ2) is 4.73. The number of hydrogen-bond acceptors (Lipinski definition) is 3. The van der Waals surface area contributed by atoms with E-state index in [1.165, 1.54) is 5.56 Å². The van der Waals surface area contributed by atoms with Gasteiger partial charge in [-0.25, -0.2) is 0 Å². The number of aryl methyl sites for hydroxylation is 1. The van der Waals surface area contributed by atoms with Gasteiger partial charge in [0.15, 0.2) is 0 Å². The molecule has 1 saturated heterocycles. The highest BCUT2D eigenvalue weighted by Crippen LogP contribution is 2.09. The van der Waals surface area contributed by atoms with Gasteiger partial charge in [-0.05, 0) is 25.5 Å². The number of nitrogens with one attached hydrogen (secondary N) is 1. The zero-order valence-corrected chi connectivity index (χ0v) is 9.53. The Hall–Kier alpha value is -0.930. The molecule has 1 aromatic heterocycles. The summed E-state index contributed by atoms with van der Waals surface area (Å²) in [4.78, 5) is 6.81. The van der Waals surface area contributed by atoms with Gasteiger partial charge in [0, 0.05) is 44.1 Å². The third-order valence-electron chi connectivity index (χ3n) is 2.96. The smallest absolute Gasteiger partial charge is 0.0417 e. The van der Waals surface area contributed by atoms with Crippen molar-refractivity contribution in [2.45, 2.75) is 26.4 Å². The van der Waals surface area contributed by atoms with E-state index in [2.05, 4.69) is 35.1 Å². The monoisotopic (exact) mass is 205 g/mol. The maximum Gasteiger partial charge on any atom is 0.0417 e. The highest BCUT2D eigenvalue weighted by Gasteiger charge is 2.15. The quantitative estimate of drug-likeness (QED) is 0.786. The van der Waals surface area contributed by atoms with Gasteiger partial charge < -0.3 is 5.32 Å². The molecule has 3 nitrogen and oxygen atoms in total. The lowest BCUT2D eigenvalue weighted by atomic mass is 10.1. The predicted molar refractivity (Wildman–Crippen MR) is 61.7 cm³/mol. The molecule has 0 aliphatic carbocycles. The molecule has 15 heavy (non-hydrogen) atoms. The molecule has 1 fully saturated rings. The van der Waals surface area contributed by atoms with Crippen LogP contribution in [0.5, 0.6) is 0 Å². The van der Waals surface area contributed by atoms with Crippen LogP contribution in [0.25, 0.3) is 0 Å². The van der Waals surface area contributed by atoms with Crippen molar-refractivity contribution in [1.82, 2.24) is 15.2 Å². The first-order chi connectivity index (χ1) is 7.25. The number of aromatic nitrogens is 1. The zero-order chi connectivity index (χ0) is 10.7. The molecule has 1 aromatic rings. The summed E-state index contributed by atoms with van der Waals surface area (Å²) in [6, 6.07) is 4.80. The minimum atomic E-state index is 0.607. The number of nitrogens with zero attached hydrogens (tertiary/aromatic N) is 2. The van der Waals surface area contributed by atoms with Gasteiger partial charge in [0.25, 0.3) is 0 Å². The maximum atomic E-state index is 4.32. The van der Waals surface area contributed by atoms with E-state index < -0.39 is 0 Å². The molecule has 2 heterocycles. The van der Waals surface area contributed by atoms with Crippen molar-refractivity contribution >= 4 is 0 Å². The van der Waals surface area contributed by atoms with Crippen LogP contribution < -0.4 is 5.32 Å². The summed E-state index contributed by atoms with van der Waals surface area (Å²) in [6.07, 6.45) is 1.86. The van der Waals surface area contributed by atoms with Gasteiger partial charge in [-0.3, -0.25) is 9.88 Å². The molecule has 1 N–H and O–H groups in total. The third-order valence-corrected chi connectivity index (χ3v) is 2.96. The van der Waals surface area contributed by atoms with Gasteiger partial charge >= 0.3 is 0 Å². The molecule has 2 rings (SSSR count). The van der Waals surface area contributed by atoms with E-state index in [0.29, 0.717) is 6.04 Å². The lowest BCUT2D eigenvalue weighted by Crippen LogP contribution is -2.48. The van der Waals surface area contributed by atoms with E-state index in [1.807, 2.05) is 12.3 Å². The fourth-order valence-electron chi connectivity index (χ4n) is 2.08. The Morgan fingerprint density at radius 3 is 3.20 bits per heavy atom. The van der Waals surface area contributed by atoms with E-state index in [1.54, 1.807) is 0 Å². The lowest BCUT2D eigenvalue weighted by Gasteiger charge is -2.32. The van der Waals surface area contributed by atoms with E-state index in [4.69, 9.17) is 0 Å². The zero-order valence-electron chi connectivity index (χ0n) is 9.53. The molecule has 0 aromatic carbocycles. The first kappa shape index (κ1) is 10.6. The fraction of sp³-hybridized carbons (Fsp3) is 0.583. The Balaban J connectivity index is 1.99. The van der Waals surface area contributed by atoms with E-state index in [9.17, 15) is 0 Å². The minimum Gasteiger partial charge on any atom is -0.312 e. The molecule has 0 bridgehead atoms. The summed E-state index contributed by atoms with van der Waals surface area (Å²) in [5.74, 6) is 0. The number of piperazine rings is 1. The second-order valence-electron chi connectivity index (χ2n) is 4.34. The summed E-state index contributed by atoms with van der Waals surface area (Å²) in [7, 11) is 0. The minimum absolute atomic E-state index is 0.607. The Morgan fingerprint density at radius 2 is 2.47 bits per heavy atom. The second-order valence-corrected chi connectivity index (χ2v) is 4.34. The molecular formula is C12H19N3. The number of rotatable bonds is 2. The summed E-state index contributed by atoms with van der Waals surface area (Å²) in [5, 5.41) is 3.46. The molecule has 1 aliphatic rings. The van der Waals surface area contributed by atoms with Crippen LogP contribution in [0.4, 0.5) is 0 Å². The van der Waals surface area contributed by atoms with Crippen molar-refractivity contribution < 1.29 is 0 Å². The maximum absolute atomic E-state index is 4.32. The largest absolute Gasteiger partial charge is 0.312 e. The van der Waals surface area contributed by atoms with Crippen LogP contribution in [0, 0.1) is 6.92 Å². The number of pyridine rings is 1. The Labute approximate surface area is 91.5 Å². The van der Waals surface area contributed by atoms with Crippen LogP contribution in [0.1, 0.15) is 18.2 Å². The normalized spacial score (nSPS) is 22.9. The Morgan fingerprint density at radius 1 is 1.60 bits per heavy atom. The van der Waals surface area contributed by atoms with Crippen molar-refractivity contribution in [3.63, 3.8) is 0 Å². The predicted octanol–water partition coefficient (Wildman–Crippen LogP) is 1.18. The van der Waals surface area contributed by atoms with Crippen molar-refractivity contribution in [3.8, 4) is 0 Å². The number of hydrogen-bond donors (Lipinski definition) is 1. The topological polar surface area (TPSA) is 28.2 Å². The van der Waals surface area contributed by atoms with Crippen LogP contribution in [0.15, 0.2) is 18.3 Å². The molecule has 0 unspecified atom stereocenters. The SMILES string of the molecule is Cc1ncccc1CN1CCN[C@@H](C)C1. The van der Waals surface area contributed by atoms with Crippen molar-refractivity contribution in [2.75, 3.05) is 19.6 Å². The lowest BCUT2D eigenvalue weighted by molar-refractivity contribution is 0.199. The average molecular weight is 205 g/mol. The standard InChI is InChI=1S/C12H19N3/c1-10-8-15(7-6-13-10)9-12-4-3-5-14-11(12)2/h3-5,10,13H,6-9H2,1-2H3/t10-/m0/s1. The van der Waals surface area contributed by atoms with Crippen LogP contribution in [0.2, 0.25) is 0 Å². The molecule has 0 radical (unpaired) electrons. The van der Waals surface area contributed by atoms with E-state index >= 15 is 0 Å². The highest BCUT2D eigenvalue weighted by atomic mass is 15.2. The molecule has 0 saturated carbocycles. The average Bonchev–Trinajstić information content (AvgIpc) is 2.22. The first-order valence-electron chi connectivity index (χ1n) is 5.62. The van der Waals surface area contributed by atoms with E-state index in [-0.39, 0.29) is 0 Å². The van der Waals surface area contributed by atoms with Gasteiger partial charge in [0.1, 0.15) is 0 Å². The molecule has 0 spiro atoms. The fourth-order valence-corrected chi connectivity index (χ4v) is 2.08. The molecule has 1 atom stereocenters. The molecule has 1 aliphatic heterocycles. The summed E-state index contributed by atoms with van der Waals surface area (Å²) < 4.78 is 0. The van der Waals surface area contributed by atoms with Gasteiger partial charge in [-0.2, -0.15) is 0 Å². The van der Waals surface area contributed by atoms with Crippen molar-refractivity contribution in [1.29, 1.82) is 0 Å². The first-order valence-corrected chi connectivity index (χ1v) is 5.62.